The van der Waals surface area contributed by atoms with E-state index in [1.54, 1.807) is 24.3 Å². The summed E-state index contributed by atoms with van der Waals surface area (Å²) in [5, 5.41) is 0. The van der Waals surface area contributed by atoms with Crippen LogP contribution in [0.4, 0.5) is 0 Å². The molecule has 0 saturated carbocycles. The second-order valence-corrected chi connectivity index (χ2v) is 6.85. The average Bonchev–Trinajstić information content (AvgIpc) is 2.25. The van der Waals surface area contributed by atoms with Crippen LogP contribution in [0.25, 0.3) is 0 Å². The number of sulfonamides is 1. The molecule has 0 heterocycles. The summed E-state index contributed by atoms with van der Waals surface area (Å²) in [6.07, 6.45) is 0.768. The summed E-state index contributed by atoms with van der Waals surface area (Å²) in [7, 11) is -3.39. The summed E-state index contributed by atoms with van der Waals surface area (Å²) in [5.41, 5.74) is -0.291. The molecule has 0 fully saturated rings. The van der Waals surface area contributed by atoms with E-state index in [2.05, 4.69) is 4.72 Å². The van der Waals surface area contributed by atoms with E-state index in [1.165, 1.54) is 0 Å². The monoisotopic (exact) mass is 271 g/mol. The number of benzene rings is 1. The molecule has 1 aromatic carbocycles. The van der Waals surface area contributed by atoms with Crippen molar-refractivity contribution < 1.29 is 13.2 Å². The minimum absolute atomic E-state index is 0.261. The number of ether oxygens (including phenoxy) is 1. The van der Waals surface area contributed by atoms with Crippen molar-refractivity contribution in [3.8, 4) is 5.75 Å². The molecule has 0 aliphatic carbocycles. The largest absolute Gasteiger partial charge is 0.488 e. The zero-order valence-corrected chi connectivity index (χ0v) is 12.2. The van der Waals surface area contributed by atoms with E-state index < -0.39 is 10.0 Å². The van der Waals surface area contributed by atoms with E-state index in [4.69, 9.17) is 4.74 Å². The van der Waals surface area contributed by atoms with E-state index in [0.717, 1.165) is 6.42 Å². The second kappa shape index (κ2) is 5.71. The first-order chi connectivity index (χ1) is 8.24. The van der Waals surface area contributed by atoms with E-state index in [-0.39, 0.29) is 10.5 Å². The van der Waals surface area contributed by atoms with Crippen molar-refractivity contribution in [3.63, 3.8) is 0 Å². The van der Waals surface area contributed by atoms with Crippen LogP contribution >= 0.6 is 0 Å². The van der Waals surface area contributed by atoms with Crippen LogP contribution in [-0.2, 0) is 10.0 Å². The third kappa shape index (κ3) is 4.66. The highest BCUT2D eigenvalue weighted by molar-refractivity contribution is 7.89. The summed E-state index contributed by atoms with van der Waals surface area (Å²) in [6, 6.07) is 6.45. The predicted molar refractivity (Wildman–Crippen MR) is 72.3 cm³/mol. The van der Waals surface area contributed by atoms with Crippen molar-refractivity contribution >= 4 is 10.0 Å². The Bertz CT molecular complexity index is 472. The molecule has 0 unspecified atom stereocenters. The molecular weight excluding hydrogens is 250 g/mol. The van der Waals surface area contributed by atoms with E-state index >= 15 is 0 Å². The number of nitrogens with one attached hydrogen (secondary N) is 1. The second-order valence-electron chi connectivity index (χ2n) is 5.08. The highest BCUT2D eigenvalue weighted by atomic mass is 32.2. The lowest BCUT2D eigenvalue weighted by Crippen LogP contribution is -2.25. The molecule has 5 heteroatoms. The Balaban J connectivity index is 2.83. The molecule has 0 spiro atoms. The van der Waals surface area contributed by atoms with E-state index in [9.17, 15) is 8.42 Å². The third-order valence-corrected chi connectivity index (χ3v) is 3.58. The van der Waals surface area contributed by atoms with Crippen molar-refractivity contribution in [2.45, 2.75) is 44.6 Å². The molecule has 0 aliphatic rings. The van der Waals surface area contributed by atoms with E-state index in [1.807, 2.05) is 27.7 Å². The maximum atomic E-state index is 11.8. The minimum atomic E-state index is -3.39. The van der Waals surface area contributed by atoms with Gasteiger partial charge in [-0.25, -0.2) is 13.1 Å². The zero-order valence-electron chi connectivity index (χ0n) is 11.4. The van der Waals surface area contributed by atoms with Gasteiger partial charge in [0, 0.05) is 6.54 Å². The molecule has 102 valence electrons. The standard InChI is InChI=1S/C13H21NO3S/c1-5-10-14-18(15,16)12-8-6-11(7-9-12)17-13(2,3)4/h6-9,14H,5,10H2,1-4H3. The highest BCUT2D eigenvalue weighted by Crippen LogP contribution is 2.20. The first kappa shape index (κ1) is 15.0. The fourth-order valence-electron chi connectivity index (χ4n) is 1.36. The lowest BCUT2D eigenvalue weighted by Gasteiger charge is -2.21. The summed E-state index contributed by atoms with van der Waals surface area (Å²) < 4.78 is 31.8. The molecule has 1 aromatic rings. The lowest BCUT2D eigenvalue weighted by molar-refractivity contribution is 0.131. The minimum Gasteiger partial charge on any atom is -0.488 e. The summed E-state index contributed by atoms with van der Waals surface area (Å²) in [6.45, 7) is 8.20. The average molecular weight is 271 g/mol. The van der Waals surface area contributed by atoms with Crippen LogP contribution in [0, 0.1) is 0 Å². The Hall–Kier alpha value is -1.07. The fraction of sp³-hybridized carbons (Fsp3) is 0.538. The van der Waals surface area contributed by atoms with Crippen LogP contribution in [-0.4, -0.2) is 20.6 Å². The van der Waals surface area contributed by atoms with E-state index in [0.29, 0.717) is 12.3 Å². The Morgan fingerprint density at radius 1 is 1.17 bits per heavy atom. The van der Waals surface area contributed by atoms with Gasteiger partial charge in [0.2, 0.25) is 10.0 Å². The molecule has 0 amide bonds. The van der Waals surface area contributed by atoms with Crippen molar-refractivity contribution in [1.29, 1.82) is 0 Å². The fourth-order valence-corrected chi connectivity index (χ4v) is 2.49. The molecule has 1 N–H and O–H groups in total. The molecule has 0 aromatic heterocycles. The third-order valence-electron chi connectivity index (χ3n) is 2.10. The van der Waals surface area contributed by atoms with Crippen LogP contribution in [0.15, 0.2) is 29.2 Å². The molecule has 4 nitrogen and oxygen atoms in total. The van der Waals surface area contributed by atoms with Gasteiger partial charge in [-0.1, -0.05) is 6.92 Å². The molecule has 18 heavy (non-hydrogen) atoms. The lowest BCUT2D eigenvalue weighted by atomic mass is 10.2. The van der Waals surface area contributed by atoms with Crippen LogP contribution in [0.1, 0.15) is 34.1 Å². The molecule has 0 radical (unpaired) electrons. The Labute approximate surface area is 109 Å². The normalized spacial score (nSPS) is 12.4. The zero-order chi connectivity index (χ0) is 13.8. The highest BCUT2D eigenvalue weighted by Gasteiger charge is 2.15. The van der Waals surface area contributed by atoms with Crippen LogP contribution in [0.5, 0.6) is 5.75 Å². The van der Waals surface area contributed by atoms with Crippen molar-refractivity contribution in [2.75, 3.05) is 6.54 Å². The molecule has 0 atom stereocenters. The van der Waals surface area contributed by atoms with Crippen LogP contribution in [0.2, 0.25) is 0 Å². The molecule has 0 bridgehead atoms. The number of hydrogen-bond acceptors (Lipinski definition) is 3. The quantitative estimate of drug-likeness (QED) is 0.895. The van der Waals surface area contributed by atoms with Gasteiger partial charge in [-0.05, 0) is 51.5 Å². The summed E-state index contributed by atoms with van der Waals surface area (Å²) >= 11 is 0. The first-order valence-corrected chi connectivity index (χ1v) is 7.52. The van der Waals surface area contributed by atoms with Crippen molar-refractivity contribution in [3.05, 3.63) is 24.3 Å². The molecular formula is C13H21NO3S. The van der Waals surface area contributed by atoms with Gasteiger partial charge in [0.15, 0.2) is 0 Å². The SMILES string of the molecule is CCCNS(=O)(=O)c1ccc(OC(C)(C)C)cc1. The Kier molecular flexibility index (Phi) is 4.76. The van der Waals surface area contributed by atoms with Gasteiger partial charge in [0.25, 0.3) is 0 Å². The Morgan fingerprint density at radius 2 is 1.72 bits per heavy atom. The first-order valence-electron chi connectivity index (χ1n) is 6.03. The van der Waals surface area contributed by atoms with Crippen LogP contribution in [0.3, 0.4) is 0 Å². The van der Waals surface area contributed by atoms with Crippen molar-refractivity contribution in [2.24, 2.45) is 0 Å². The predicted octanol–water partition coefficient (Wildman–Crippen LogP) is 2.55. The van der Waals surface area contributed by atoms with Gasteiger partial charge in [-0.2, -0.15) is 0 Å². The molecule has 0 saturated heterocycles. The number of hydrogen-bond donors (Lipinski definition) is 1. The Morgan fingerprint density at radius 3 is 2.17 bits per heavy atom. The van der Waals surface area contributed by atoms with Gasteiger partial charge < -0.3 is 4.74 Å². The maximum Gasteiger partial charge on any atom is 0.240 e. The summed E-state index contributed by atoms with van der Waals surface area (Å²) in [5.74, 6) is 0.664. The van der Waals surface area contributed by atoms with Gasteiger partial charge in [0.1, 0.15) is 11.4 Å². The van der Waals surface area contributed by atoms with Gasteiger partial charge >= 0.3 is 0 Å². The van der Waals surface area contributed by atoms with Crippen molar-refractivity contribution in [1.82, 2.24) is 4.72 Å². The smallest absolute Gasteiger partial charge is 0.240 e. The topological polar surface area (TPSA) is 55.4 Å². The summed E-state index contributed by atoms with van der Waals surface area (Å²) in [4.78, 5) is 0.261. The van der Waals surface area contributed by atoms with Gasteiger partial charge in [-0.15, -0.1) is 0 Å². The van der Waals surface area contributed by atoms with Gasteiger partial charge in [0.05, 0.1) is 4.90 Å². The molecule has 0 aliphatic heterocycles. The van der Waals surface area contributed by atoms with Gasteiger partial charge in [-0.3, -0.25) is 0 Å². The number of rotatable bonds is 5. The van der Waals surface area contributed by atoms with Crippen LogP contribution < -0.4 is 9.46 Å². The maximum absolute atomic E-state index is 11.8. The molecule has 1 rings (SSSR count).